The lowest BCUT2D eigenvalue weighted by molar-refractivity contribution is 1.00. The van der Waals surface area contributed by atoms with Gasteiger partial charge in [0.2, 0.25) is 0 Å². The van der Waals surface area contributed by atoms with Crippen molar-refractivity contribution in [1.29, 1.82) is 5.41 Å². The number of hydrogen-bond donors (Lipinski definition) is 3. The van der Waals surface area contributed by atoms with Crippen molar-refractivity contribution in [2.24, 2.45) is 5.84 Å². The van der Waals surface area contributed by atoms with Crippen LogP contribution in [-0.4, -0.2) is 10.8 Å². The minimum absolute atomic E-state index is 0.127. The monoisotopic (exact) mass is 186 g/mol. The van der Waals surface area contributed by atoms with Crippen molar-refractivity contribution in [3.63, 3.8) is 0 Å². The number of nitrogens with one attached hydrogen (secondary N) is 2. The van der Waals surface area contributed by atoms with Crippen LogP contribution in [0.15, 0.2) is 36.5 Å². The van der Waals surface area contributed by atoms with E-state index < -0.39 is 0 Å². The molecule has 1 aromatic heterocycles. The van der Waals surface area contributed by atoms with Gasteiger partial charge in [0, 0.05) is 11.6 Å². The highest BCUT2D eigenvalue weighted by molar-refractivity contribution is 6.06. The number of rotatable bonds is 1. The van der Waals surface area contributed by atoms with Crippen LogP contribution in [0.2, 0.25) is 0 Å². The Morgan fingerprint density at radius 2 is 2.07 bits per heavy atom. The first-order chi connectivity index (χ1) is 6.83. The molecule has 0 bridgehead atoms. The number of aromatic nitrogens is 1. The van der Waals surface area contributed by atoms with E-state index in [1.165, 1.54) is 0 Å². The molecule has 0 saturated heterocycles. The summed E-state index contributed by atoms with van der Waals surface area (Å²) in [5.74, 6) is 5.31. The van der Waals surface area contributed by atoms with E-state index in [4.69, 9.17) is 11.3 Å². The lowest BCUT2D eigenvalue weighted by Gasteiger charge is -2.05. The summed E-state index contributed by atoms with van der Waals surface area (Å²) in [6, 6.07) is 9.67. The Balaban J connectivity index is 2.71. The van der Waals surface area contributed by atoms with Crippen LogP contribution in [-0.2, 0) is 0 Å². The molecular weight excluding hydrogens is 176 g/mol. The van der Waals surface area contributed by atoms with Crippen molar-refractivity contribution < 1.29 is 0 Å². The molecule has 4 N–H and O–H groups in total. The number of nitrogens with zero attached hydrogens (tertiary/aromatic N) is 1. The van der Waals surface area contributed by atoms with Crippen molar-refractivity contribution in [2.75, 3.05) is 0 Å². The van der Waals surface area contributed by atoms with Crippen LogP contribution < -0.4 is 11.3 Å². The number of amidine groups is 1. The van der Waals surface area contributed by atoms with E-state index in [0.29, 0.717) is 5.69 Å². The second-order valence-corrected chi connectivity index (χ2v) is 2.90. The average molecular weight is 186 g/mol. The zero-order valence-corrected chi connectivity index (χ0v) is 7.49. The first-order valence-electron chi connectivity index (χ1n) is 4.22. The van der Waals surface area contributed by atoms with E-state index in [0.717, 1.165) is 10.8 Å². The molecule has 0 spiro atoms. The van der Waals surface area contributed by atoms with Crippen LogP contribution in [0.3, 0.4) is 0 Å². The van der Waals surface area contributed by atoms with Crippen LogP contribution >= 0.6 is 0 Å². The molecule has 0 atom stereocenters. The zero-order valence-electron chi connectivity index (χ0n) is 7.49. The van der Waals surface area contributed by atoms with Gasteiger partial charge in [-0.1, -0.05) is 24.3 Å². The number of hydrogen-bond acceptors (Lipinski definition) is 3. The molecule has 0 aliphatic heterocycles. The number of pyridine rings is 1. The van der Waals surface area contributed by atoms with Crippen LogP contribution in [0.5, 0.6) is 0 Å². The second-order valence-electron chi connectivity index (χ2n) is 2.90. The summed E-state index contributed by atoms with van der Waals surface area (Å²) in [7, 11) is 0. The predicted molar refractivity (Wildman–Crippen MR) is 55.9 cm³/mol. The SMILES string of the molecule is N=C(NN)c1nccc2ccccc12. The van der Waals surface area contributed by atoms with Gasteiger partial charge in [0.05, 0.1) is 0 Å². The second kappa shape index (κ2) is 3.43. The Bertz CT molecular complexity index is 473. The molecule has 70 valence electrons. The highest BCUT2D eigenvalue weighted by Gasteiger charge is 2.05. The average Bonchev–Trinajstić information content (AvgIpc) is 2.27. The van der Waals surface area contributed by atoms with Gasteiger partial charge in [-0.05, 0) is 11.5 Å². The normalized spacial score (nSPS) is 10.1. The van der Waals surface area contributed by atoms with Crippen molar-refractivity contribution in [3.8, 4) is 0 Å². The third kappa shape index (κ3) is 1.31. The van der Waals surface area contributed by atoms with Gasteiger partial charge < -0.3 is 5.43 Å². The maximum absolute atomic E-state index is 7.56. The fraction of sp³-hybridized carbons (Fsp3) is 0. The molecule has 1 heterocycles. The molecule has 0 saturated carbocycles. The van der Waals surface area contributed by atoms with Crippen LogP contribution in [0.1, 0.15) is 5.69 Å². The third-order valence-electron chi connectivity index (χ3n) is 2.05. The maximum atomic E-state index is 7.56. The van der Waals surface area contributed by atoms with E-state index in [9.17, 15) is 0 Å². The van der Waals surface area contributed by atoms with E-state index in [2.05, 4.69) is 10.4 Å². The van der Waals surface area contributed by atoms with Gasteiger partial charge in [-0.3, -0.25) is 10.4 Å². The van der Waals surface area contributed by atoms with Crippen LogP contribution in [0, 0.1) is 5.41 Å². The van der Waals surface area contributed by atoms with Gasteiger partial charge in [-0.15, -0.1) is 0 Å². The molecule has 14 heavy (non-hydrogen) atoms. The molecular formula is C10H10N4. The third-order valence-corrected chi connectivity index (χ3v) is 2.05. The van der Waals surface area contributed by atoms with E-state index in [-0.39, 0.29) is 5.84 Å². The minimum Gasteiger partial charge on any atom is -0.307 e. The summed E-state index contributed by atoms with van der Waals surface area (Å²) in [5, 5.41) is 9.54. The van der Waals surface area contributed by atoms with Gasteiger partial charge in [0.1, 0.15) is 5.69 Å². The van der Waals surface area contributed by atoms with Crippen molar-refractivity contribution >= 4 is 16.6 Å². The van der Waals surface area contributed by atoms with Crippen molar-refractivity contribution in [1.82, 2.24) is 10.4 Å². The number of fused-ring (bicyclic) bond motifs is 1. The Labute approximate surface area is 81.2 Å². The van der Waals surface area contributed by atoms with Crippen LogP contribution in [0.25, 0.3) is 10.8 Å². The molecule has 2 rings (SSSR count). The number of nitrogens with two attached hydrogens (primary N) is 1. The van der Waals surface area contributed by atoms with E-state index in [1.54, 1.807) is 6.20 Å². The van der Waals surface area contributed by atoms with Gasteiger partial charge >= 0.3 is 0 Å². The molecule has 1 aromatic carbocycles. The smallest absolute Gasteiger partial charge is 0.159 e. The molecule has 0 unspecified atom stereocenters. The van der Waals surface area contributed by atoms with E-state index in [1.807, 2.05) is 30.3 Å². The molecule has 4 heteroatoms. The molecule has 0 radical (unpaired) electrons. The lowest BCUT2D eigenvalue weighted by Crippen LogP contribution is -2.30. The number of hydrazine groups is 1. The largest absolute Gasteiger partial charge is 0.307 e. The summed E-state index contributed by atoms with van der Waals surface area (Å²) in [6.07, 6.45) is 1.67. The molecule has 0 fully saturated rings. The molecule has 0 aliphatic rings. The summed E-state index contributed by atoms with van der Waals surface area (Å²) in [5.41, 5.74) is 2.87. The molecule has 4 nitrogen and oxygen atoms in total. The van der Waals surface area contributed by atoms with Gasteiger partial charge in [0.25, 0.3) is 0 Å². The van der Waals surface area contributed by atoms with E-state index >= 15 is 0 Å². The Morgan fingerprint density at radius 1 is 1.29 bits per heavy atom. The quantitative estimate of drug-likeness (QED) is 0.269. The fourth-order valence-corrected chi connectivity index (χ4v) is 1.39. The predicted octanol–water partition coefficient (Wildman–Crippen LogP) is 1.02. The zero-order chi connectivity index (χ0) is 9.97. The van der Waals surface area contributed by atoms with Crippen LogP contribution in [0.4, 0.5) is 0 Å². The summed E-state index contributed by atoms with van der Waals surface area (Å²) < 4.78 is 0. The van der Waals surface area contributed by atoms with Crippen molar-refractivity contribution in [3.05, 3.63) is 42.2 Å². The van der Waals surface area contributed by atoms with Crippen molar-refractivity contribution in [2.45, 2.75) is 0 Å². The maximum Gasteiger partial charge on any atom is 0.159 e. The topological polar surface area (TPSA) is 74.8 Å². The summed E-state index contributed by atoms with van der Waals surface area (Å²) >= 11 is 0. The minimum atomic E-state index is 0.127. The molecule has 0 amide bonds. The Hall–Kier alpha value is -1.94. The Kier molecular flexibility index (Phi) is 2.12. The highest BCUT2D eigenvalue weighted by Crippen LogP contribution is 2.15. The van der Waals surface area contributed by atoms with Gasteiger partial charge in [-0.2, -0.15) is 0 Å². The van der Waals surface area contributed by atoms with Gasteiger partial charge in [-0.25, -0.2) is 5.84 Å². The molecule has 2 aromatic rings. The summed E-state index contributed by atoms with van der Waals surface area (Å²) in [4.78, 5) is 4.11. The Morgan fingerprint density at radius 3 is 2.86 bits per heavy atom. The summed E-state index contributed by atoms with van der Waals surface area (Å²) in [6.45, 7) is 0. The first kappa shape index (κ1) is 8.65. The highest BCUT2D eigenvalue weighted by atomic mass is 15.2. The number of benzene rings is 1. The first-order valence-corrected chi connectivity index (χ1v) is 4.22. The molecule has 0 aliphatic carbocycles. The standard InChI is InChI=1S/C10H10N4/c11-10(14-12)9-8-4-2-1-3-7(8)5-6-13-9/h1-6H,12H2,(H2,11,14). The fourth-order valence-electron chi connectivity index (χ4n) is 1.39. The van der Waals surface area contributed by atoms with Gasteiger partial charge in [0.15, 0.2) is 5.84 Å². The lowest BCUT2D eigenvalue weighted by atomic mass is 10.1.